The number of carbonyl (C=O) groups is 1. The first-order valence-corrected chi connectivity index (χ1v) is 6.35. The molecule has 0 unspecified atom stereocenters. The third-order valence-electron chi connectivity index (χ3n) is 2.93. The van der Waals surface area contributed by atoms with Crippen molar-refractivity contribution in [1.29, 1.82) is 0 Å². The predicted octanol–water partition coefficient (Wildman–Crippen LogP) is 2.19. The van der Waals surface area contributed by atoms with Gasteiger partial charge < -0.3 is 14.5 Å². The summed E-state index contributed by atoms with van der Waals surface area (Å²) in [5.74, 6) is 0.757. The van der Waals surface area contributed by atoms with Gasteiger partial charge in [-0.2, -0.15) is 5.10 Å². The van der Waals surface area contributed by atoms with Gasteiger partial charge in [0.1, 0.15) is 11.5 Å². The smallest absolute Gasteiger partial charge is 0.271 e. The Labute approximate surface area is 122 Å². The number of aromatic amines is 1. The van der Waals surface area contributed by atoms with Crippen LogP contribution in [0, 0.1) is 0 Å². The van der Waals surface area contributed by atoms with Crippen LogP contribution in [0.15, 0.2) is 41.6 Å². The molecule has 0 radical (unpaired) electrons. The SMILES string of the molecule is COc1cc(OC)cc(C(=O)N/N=C(\C)c2ccc[nH]2)c1. The number of H-pyrrole nitrogens is 1. The summed E-state index contributed by atoms with van der Waals surface area (Å²) < 4.78 is 10.3. The van der Waals surface area contributed by atoms with Crippen LogP contribution in [-0.4, -0.2) is 30.8 Å². The van der Waals surface area contributed by atoms with Crippen molar-refractivity contribution in [2.24, 2.45) is 5.10 Å². The quantitative estimate of drug-likeness (QED) is 0.653. The number of hydrazone groups is 1. The van der Waals surface area contributed by atoms with E-state index in [2.05, 4.69) is 15.5 Å². The number of carbonyl (C=O) groups excluding carboxylic acids is 1. The van der Waals surface area contributed by atoms with Crippen LogP contribution in [0.4, 0.5) is 0 Å². The Hall–Kier alpha value is -2.76. The molecule has 0 aliphatic heterocycles. The minimum absolute atomic E-state index is 0.335. The highest BCUT2D eigenvalue weighted by Gasteiger charge is 2.09. The summed E-state index contributed by atoms with van der Waals surface area (Å²) in [7, 11) is 3.06. The fraction of sp³-hybridized carbons (Fsp3) is 0.200. The fourth-order valence-electron chi connectivity index (χ4n) is 1.75. The first-order valence-electron chi connectivity index (χ1n) is 6.35. The van der Waals surface area contributed by atoms with Crippen LogP contribution in [0.3, 0.4) is 0 Å². The molecule has 6 heteroatoms. The Kier molecular flexibility index (Phi) is 4.61. The number of aromatic nitrogens is 1. The van der Waals surface area contributed by atoms with Crippen LogP contribution in [-0.2, 0) is 0 Å². The number of rotatable bonds is 5. The Bertz CT molecular complexity index is 626. The summed E-state index contributed by atoms with van der Waals surface area (Å²) in [5.41, 5.74) is 4.45. The summed E-state index contributed by atoms with van der Waals surface area (Å²) in [4.78, 5) is 15.1. The summed E-state index contributed by atoms with van der Waals surface area (Å²) in [6, 6.07) is 8.68. The standard InChI is InChI=1S/C15H17N3O3/c1-10(14-5-4-6-16-14)17-18-15(19)11-7-12(20-2)9-13(8-11)21-3/h4-9,16H,1-3H3,(H,18,19)/b17-10+. The molecule has 1 aromatic carbocycles. The van der Waals surface area contributed by atoms with E-state index in [4.69, 9.17) is 9.47 Å². The summed E-state index contributed by atoms with van der Waals surface area (Å²) in [6.45, 7) is 1.80. The first-order chi connectivity index (χ1) is 10.1. The van der Waals surface area contributed by atoms with Crippen molar-refractivity contribution in [3.05, 3.63) is 47.8 Å². The minimum atomic E-state index is -0.335. The lowest BCUT2D eigenvalue weighted by Crippen LogP contribution is -2.19. The van der Waals surface area contributed by atoms with Gasteiger partial charge >= 0.3 is 0 Å². The fourth-order valence-corrected chi connectivity index (χ4v) is 1.75. The van der Waals surface area contributed by atoms with Gasteiger partial charge in [-0.05, 0) is 31.2 Å². The summed E-state index contributed by atoms with van der Waals surface area (Å²) in [5, 5.41) is 4.06. The monoisotopic (exact) mass is 287 g/mol. The Morgan fingerprint density at radius 3 is 2.38 bits per heavy atom. The zero-order valence-electron chi connectivity index (χ0n) is 12.1. The second-order valence-corrected chi connectivity index (χ2v) is 4.32. The van der Waals surface area contributed by atoms with Crippen molar-refractivity contribution in [3.63, 3.8) is 0 Å². The molecule has 1 amide bonds. The summed E-state index contributed by atoms with van der Waals surface area (Å²) in [6.07, 6.45) is 1.79. The van der Waals surface area contributed by atoms with E-state index < -0.39 is 0 Å². The molecule has 0 atom stereocenters. The van der Waals surface area contributed by atoms with Gasteiger partial charge in [0.25, 0.3) is 5.91 Å². The molecule has 6 nitrogen and oxygen atoms in total. The van der Waals surface area contributed by atoms with E-state index in [1.54, 1.807) is 31.3 Å². The van der Waals surface area contributed by atoms with Crippen LogP contribution in [0.25, 0.3) is 0 Å². The third kappa shape index (κ3) is 3.62. The van der Waals surface area contributed by atoms with Gasteiger partial charge in [-0.1, -0.05) is 0 Å². The van der Waals surface area contributed by atoms with E-state index in [-0.39, 0.29) is 5.91 Å². The Morgan fingerprint density at radius 1 is 1.19 bits per heavy atom. The molecule has 2 aromatic rings. The molecule has 0 bridgehead atoms. The number of amides is 1. The predicted molar refractivity (Wildman–Crippen MR) is 80.0 cm³/mol. The van der Waals surface area contributed by atoms with Crippen molar-refractivity contribution in [2.45, 2.75) is 6.92 Å². The highest BCUT2D eigenvalue weighted by molar-refractivity contribution is 6.00. The maximum Gasteiger partial charge on any atom is 0.271 e. The topological polar surface area (TPSA) is 75.7 Å². The van der Waals surface area contributed by atoms with E-state index in [1.807, 2.05) is 12.1 Å². The molecule has 2 rings (SSSR count). The number of hydrogen-bond donors (Lipinski definition) is 2. The number of hydrogen-bond acceptors (Lipinski definition) is 4. The number of benzene rings is 1. The molecule has 2 N–H and O–H groups in total. The molecule has 0 spiro atoms. The van der Waals surface area contributed by atoms with Crippen LogP contribution < -0.4 is 14.9 Å². The van der Waals surface area contributed by atoms with Gasteiger partial charge in [0.05, 0.1) is 25.6 Å². The van der Waals surface area contributed by atoms with Crippen LogP contribution in [0.1, 0.15) is 23.0 Å². The van der Waals surface area contributed by atoms with Crippen molar-refractivity contribution in [3.8, 4) is 11.5 Å². The lowest BCUT2D eigenvalue weighted by Gasteiger charge is -2.07. The molecule has 0 aliphatic carbocycles. The maximum absolute atomic E-state index is 12.1. The molecule has 0 saturated heterocycles. The number of nitrogens with one attached hydrogen (secondary N) is 2. The molecule has 1 heterocycles. The molecule has 0 saturated carbocycles. The largest absolute Gasteiger partial charge is 0.497 e. The van der Waals surface area contributed by atoms with Crippen LogP contribution in [0.2, 0.25) is 0 Å². The van der Waals surface area contributed by atoms with Crippen molar-refractivity contribution < 1.29 is 14.3 Å². The zero-order chi connectivity index (χ0) is 15.2. The zero-order valence-corrected chi connectivity index (χ0v) is 12.1. The number of methoxy groups -OCH3 is 2. The van der Waals surface area contributed by atoms with Crippen LogP contribution >= 0.6 is 0 Å². The molecule has 110 valence electrons. The van der Waals surface area contributed by atoms with E-state index in [9.17, 15) is 4.79 Å². The lowest BCUT2D eigenvalue weighted by atomic mass is 10.2. The average molecular weight is 287 g/mol. The number of ether oxygens (including phenoxy) is 2. The van der Waals surface area contributed by atoms with Crippen molar-refractivity contribution in [1.82, 2.24) is 10.4 Å². The molecular weight excluding hydrogens is 270 g/mol. The Morgan fingerprint density at radius 2 is 1.86 bits per heavy atom. The molecular formula is C15H17N3O3. The van der Waals surface area contributed by atoms with Crippen molar-refractivity contribution in [2.75, 3.05) is 14.2 Å². The lowest BCUT2D eigenvalue weighted by molar-refractivity contribution is 0.0954. The Balaban J connectivity index is 2.15. The molecule has 1 aromatic heterocycles. The van der Waals surface area contributed by atoms with Crippen LogP contribution in [0.5, 0.6) is 11.5 Å². The van der Waals surface area contributed by atoms with Gasteiger partial charge in [0, 0.05) is 17.8 Å². The molecule has 21 heavy (non-hydrogen) atoms. The third-order valence-corrected chi connectivity index (χ3v) is 2.93. The molecule has 0 fully saturated rings. The van der Waals surface area contributed by atoms with Gasteiger partial charge in [-0.3, -0.25) is 4.79 Å². The second kappa shape index (κ2) is 6.60. The number of nitrogens with zero attached hydrogens (tertiary/aromatic N) is 1. The molecule has 0 aliphatic rings. The average Bonchev–Trinajstić information content (AvgIpc) is 3.06. The van der Waals surface area contributed by atoms with Gasteiger partial charge in [0.15, 0.2) is 0 Å². The first kappa shape index (κ1) is 14.6. The maximum atomic E-state index is 12.1. The van der Waals surface area contributed by atoms with Gasteiger partial charge in [-0.15, -0.1) is 0 Å². The van der Waals surface area contributed by atoms with E-state index in [0.29, 0.717) is 22.8 Å². The normalized spacial score (nSPS) is 11.1. The highest BCUT2D eigenvalue weighted by atomic mass is 16.5. The van der Waals surface area contributed by atoms with E-state index in [1.165, 1.54) is 14.2 Å². The van der Waals surface area contributed by atoms with Gasteiger partial charge in [0.2, 0.25) is 0 Å². The summed E-state index contributed by atoms with van der Waals surface area (Å²) >= 11 is 0. The highest BCUT2D eigenvalue weighted by Crippen LogP contribution is 2.22. The van der Waals surface area contributed by atoms with Gasteiger partial charge in [-0.25, -0.2) is 5.43 Å². The minimum Gasteiger partial charge on any atom is -0.497 e. The van der Waals surface area contributed by atoms with Crippen molar-refractivity contribution >= 4 is 11.6 Å². The van der Waals surface area contributed by atoms with E-state index in [0.717, 1.165) is 5.69 Å². The van der Waals surface area contributed by atoms with E-state index >= 15 is 0 Å². The second-order valence-electron chi connectivity index (χ2n) is 4.32.